The molecule has 0 N–H and O–H groups in total. The number of rotatable bonds is 4. The van der Waals surface area contributed by atoms with Crippen LogP contribution >= 0.6 is 11.6 Å². The molecule has 2 aromatic carbocycles. The Morgan fingerprint density at radius 2 is 1.84 bits per heavy atom. The summed E-state index contributed by atoms with van der Waals surface area (Å²) in [5.41, 5.74) is 1.12. The first-order valence-electron chi connectivity index (χ1n) is 6.14. The molecule has 0 amide bonds. The van der Waals surface area contributed by atoms with Gasteiger partial charge in [-0.25, -0.2) is 0 Å². The van der Waals surface area contributed by atoms with E-state index in [4.69, 9.17) is 16.3 Å². The molecule has 0 radical (unpaired) electrons. The Labute approximate surface area is 118 Å². The van der Waals surface area contributed by atoms with Crippen molar-refractivity contribution < 1.29 is 9.53 Å². The highest BCUT2D eigenvalue weighted by molar-refractivity contribution is 6.31. The van der Waals surface area contributed by atoms with E-state index in [-0.39, 0.29) is 11.9 Å². The van der Waals surface area contributed by atoms with E-state index in [1.807, 2.05) is 26.0 Å². The molecule has 98 valence electrons. The molecule has 2 aromatic rings. The zero-order chi connectivity index (χ0) is 13.8. The van der Waals surface area contributed by atoms with E-state index in [9.17, 15) is 4.79 Å². The van der Waals surface area contributed by atoms with E-state index in [1.54, 1.807) is 36.4 Å². The molecule has 0 aliphatic rings. The Bertz CT molecular complexity index is 591. The summed E-state index contributed by atoms with van der Waals surface area (Å²) in [7, 11) is 0. The van der Waals surface area contributed by atoms with Gasteiger partial charge in [0.1, 0.15) is 5.75 Å². The van der Waals surface area contributed by atoms with Crippen molar-refractivity contribution in [1.29, 1.82) is 0 Å². The van der Waals surface area contributed by atoms with Crippen molar-refractivity contribution >= 4 is 17.4 Å². The SMILES string of the molecule is CC(C)Oc1ccccc1C(=O)c1cccc(Cl)c1. The summed E-state index contributed by atoms with van der Waals surface area (Å²) in [5, 5.41) is 0.549. The van der Waals surface area contributed by atoms with Crippen LogP contribution in [0.5, 0.6) is 5.75 Å². The second-order valence-corrected chi connectivity index (χ2v) is 4.94. The highest BCUT2D eigenvalue weighted by atomic mass is 35.5. The molecule has 2 rings (SSSR count). The summed E-state index contributed by atoms with van der Waals surface area (Å²) in [4.78, 5) is 12.5. The minimum atomic E-state index is -0.0845. The first-order chi connectivity index (χ1) is 9.08. The fourth-order valence-electron chi connectivity index (χ4n) is 1.80. The fourth-order valence-corrected chi connectivity index (χ4v) is 1.99. The molecule has 0 atom stereocenters. The summed E-state index contributed by atoms with van der Waals surface area (Å²) >= 11 is 5.92. The molecule has 0 heterocycles. The van der Waals surface area contributed by atoms with Gasteiger partial charge in [-0.15, -0.1) is 0 Å². The average Bonchev–Trinajstić information content (AvgIpc) is 2.38. The van der Waals surface area contributed by atoms with Crippen LogP contribution in [0.4, 0.5) is 0 Å². The number of hydrogen-bond donors (Lipinski definition) is 0. The fraction of sp³-hybridized carbons (Fsp3) is 0.188. The van der Waals surface area contributed by atoms with Crippen LogP contribution in [0, 0.1) is 0 Å². The van der Waals surface area contributed by atoms with Crippen LogP contribution < -0.4 is 4.74 Å². The summed E-state index contributed by atoms with van der Waals surface area (Å²) in [5.74, 6) is 0.515. The van der Waals surface area contributed by atoms with Crippen molar-refractivity contribution in [2.45, 2.75) is 20.0 Å². The summed E-state index contributed by atoms with van der Waals surface area (Å²) in [6.45, 7) is 3.86. The third kappa shape index (κ3) is 3.36. The predicted molar refractivity (Wildman–Crippen MR) is 77.1 cm³/mol. The van der Waals surface area contributed by atoms with Crippen molar-refractivity contribution in [3.63, 3.8) is 0 Å². The predicted octanol–water partition coefficient (Wildman–Crippen LogP) is 4.36. The van der Waals surface area contributed by atoms with Gasteiger partial charge in [-0.2, -0.15) is 0 Å². The number of benzene rings is 2. The normalized spacial score (nSPS) is 10.5. The maximum Gasteiger partial charge on any atom is 0.196 e. The number of ether oxygens (including phenoxy) is 1. The highest BCUT2D eigenvalue weighted by Gasteiger charge is 2.15. The number of halogens is 1. The Hall–Kier alpha value is -1.80. The van der Waals surface area contributed by atoms with Gasteiger partial charge >= 0.3 is 0 Å². The molecule has 0 aliphatic carbocycles. The van der Waals surface area contributed by atoms with E-state index in [0.29, 0.717) is 21.9 Å². The van der Waals surface area contributed by atoms with E-state index >= 15 is 0 Å². The number of para-hydroxylation sites is 1. The lowest BCUT2D eigenvalue weighted by Crippen LogP contribution is -2.10. The minimum absolute atomic E-state index is 0.0216. The van der Waals surface area contributed by atoms with Crippen molar-refractivity contribution in [3.05, 3.63) is 64.7 Å². The van der Waals surface area contributed by atoms with Crippen LogP contribution in [0.25, 0.3) is 0 Å². The third-order valence-corrected chi connectivity index (χ3v) is 2.82. The van der Waals surface area contributed by atoms with Gasteiger partial charge in [-0.3, -0.25) is 4.79 Å². The van der Waals surface area contributed by atoms with Gasteiger partial charge in [-0.05, 0) is 38.1 Å². The molecule has 3 heteroatoms. The number of carbonyl (C=O) groups is 1. The van der Waals surface area contributed by atoms with Crippen molar-refractivity contribution in [2.24, 2.45) is 0 Å². The van der Waals surface area contributed by atoms with Crippen LogP contribution in [-0.2, 0) is 0 Å². The molecular weight excluding hydrogens is 260 g/mol. The van der Waals surface area contributed by atoms with Gasteiger partial charge in [0.25, 0.3) is 0 Å². The molecule has 0 aliphatic heterocycles. The topological polar surface area (TPSA) is 26.3 Å². The third-order valence-electron chi connectivity index (χ3n) is 2.58. The first-order valence-corrected chi connectivity index (χ1v) is 6.51. The number of hydrogen-bond acceptors (Lipinski definition) is 2. The van der Waals surface area contributed by atoms with Gasteiger partial charge in [0, 0.05) is 10.6 Å². The van der Waals surface area contributed by atoms with Crippen LogP contribution in [0.1, 0.15) is 29.8 Å². The maximum atomic E-state index is 12.5. The molecule has 0 saturated heterocycles. The Kier molecular flexibility index (Phi) is 4.23. The summed E-state index contributed by atoms with van der Waals surface area (Å²) in [6.07, 6.45) is 0.0216. The van der Waals surface area contributed by atoms with Gasteiger partial charge in [0.2, 0.25) is 0 Å². The van der Waals surface area contributed by atoms with Gasteiger partial charge in [-0.1, -0.05) is 35.9 Å². The highest BCUT2D eigenvalue weighted by Crippen LogP contribution is 2.23. The van der Waals surface area contributed by atoms with Crippen LogP contribution in [0.15, 0.2) is 48.5 Å². The Balaban J connectivity index is 2.39. The van der Waals surface area contributed by atoms with E-state index in [0.717, 1.165) is 0 Å². The minimum Gasteiger partial charge on any atom is -0.490 e. The Morgan fingerprint density at radius 3 is 2.53 bits per heavy atom. The molecular formula is C16H15ClO2. The zero-order valence-electron chi connectivity index (χ0n) is 10.9. The van der Waals surface area contributed by atoms with E-state index in [1.165, 1.54) is 0 Å². The molecule has 0 saturated carbocycles. The number of carbonyl (C=O) groups excluding carboxylic acids is 1. The van der Waals surface area contributed by atoms with Gasteiger partial charge in [0.05, 0.1) is 11.7 Å². The van der Waals surface area contributed by atoms with Crippen molar-refractivity contribution in [2.75, 3.05) is 0 Å². The summed E-state index contributed by atoms with van der Waals surface area (Å²) < 4.78 is 5.66. The molecule has 0 fully saturated rings. The molecule has 0 aromatic heterocycles. The lowest BCUT2D eigenvalue weighted by atomic mass is 10.0. The van der Waals surface area contributed by atoms with Crippen molar-refractivity contribution in [3.8, 4) is 5.75 Å². The standard InChI is InChI=1S/C16H15ClO2/c1-11(2)19-15-9-4-3-8-14(15)16(18)12-6-5-7-13(17)10-12/h3-11H,1-2H3. The van der Waals surface area contributed by atoms with E-state index < -0.39 is 0 Å². The van der Waals surface area contributed by atoms with Crippen LogP contribution in [0.2, 0.25) is 5.02 Å². The molecule has 0 unspecified atom stereocenters. The zero-order valence-corrected chi connectivity index (χ0v) is 11.6. The summed E-state index contributed by atoms with van der Waals surface area (Å²) in [6, 6.07) is 14.2. The first kappa shape index (κ1) is 13.6. The van der Waals surface area contributed by atoms with Crippen molar-refractivity contribution in [1.82, 2.24) is 0 Å². The maximum absolute atomic E-state index is 12.5. The molecule has 0 spiro atoms. The van der Waals surface area contributed by atoms with E-state index in [2.05, 4.69) is 0 Å². The van der Waals surface area contributed by atoms with Gasteiger partial charge in [0.15, 0.2) is 5.78 Å². The molecule has 0 bridgehead atoms. The largest absolute Gasteiger partial charge is 0.490 e. The monoisotopic (exact) mass is 274 g/mol. The average molecular weight is 275 g/mol. The molecule has 19 heavy (non-hydrogen) atoms. The second-order valence-electron chi connectivity index (χ2n) is 4.50. The number of ketones is 1. The lowest BCUT2D eigenvalue weighted by molar-refractivity contribution is 0.103. The smallest absolute Gasteiger partial charge is 0.196 e. The van der Waals surface area contributed by atoms with Crippen LogP contribution in [0.3, 0.4) is 0 Å². The van der Waals surface area contributed by atoms with Crippen LogP contribution in [-0.4, -0.2) is 11.9 Å². The Morgan fingerprint density at radius 1 is 1.11 bits per heavy atom. The second kappa shape index (κ2) is 5.89. The van der Waals surface area contributed by atoms with Gasteiger partial charge < -0.3 is 4.74 Å². The molecule has 2 nitrogen and oxygen atoms in total. The lowest BCUT2D eigenvalue weighted by Gasteiger charge is -2.13. The quantitative estimate of drug-likeness (QED) is 0.775.